The number of imide groups is 1. The zero-order valence-electron chi connectivity index (χ0n) is 16.5. The highest BCUT2D eigenvalue weighted by molar-refractivity contribution is 6.32. The minimum absolute atomic E-state index is 0.0113. The van der Waals surface area contributed by atoms with Crippen molar-refractivity contribution in [1.29, 1.82) is 0 Å². The second-order valence-electron chi connectivity index (χ2n) is 7.60. The Morgan fingerprint density at radius 2 is 1.59 bits per heavy atom. The molecule has 0 saturated heterocycles. The van der Waals surface area contributed by atoms with Gasteiger partial charge in [0, 0.05) is 24.7 Å². The van der Waals surface area contributed by atoms with E-state index in [1.165, 1.54) is 4.90 Å². The van der Waals surface area contributed by atoms with Crippen molar-refractivity contribution in [2.24, 2.45) is 5.92 Å². The molecule has 29 heavy (non-hydrogen) atoms. The van der Waals surface area contributed by atoms with Crippen LogP contribution in [0.4, 0.5) is 0 Å². The van der Waals surface area contributed by atoms with Gasteiger partial charge in [-0.25, -0.2) is 0 Å². The van der Waals surface area contributed by atoms with E-state index in [4.69, 9.17) is 11.6 Å². The summed E-state index contributed by atoms with van der Waals surface area (Å²) < 4.78 is 0. The molecule has 0 spiro atoms. The van der Waals surface area contributed by atoms with E-state index in [9.17, 15) is 14.4 Å². The maximum Gasteiger partial charge on any atom is 0.261 e. The largest absolute Gasteiger partial charge is 0.342 e. The van der Waals surface area contributed by atoms with E-state index < -0.39 is 5.41 Å². The monoisotopic (exact) mass is 410 g/mol. The Hall–Kier alpha value is -2.66. The molecule has 5 nitrogen and oxygen atoms in total. The zero-order valence-corrected chi connectivity index (χ0v) is 17.3. The topological polar surface area (TPSA) is 57.7 Å². The Kier molecular flexibility index (Phi) is 4.95. The number of fused-ring (bicyclic) bond motifs is 1. The predicted octanol–water partition coefficient (Wildman–Crippen LogP) is 3.76. The Labute approximate surface area is 175 Å². The predicted molar refractivity (Wildman–Crippen MR) is 111 cm³/mol. The SMILES string of the molecule is CCN(CC)C(=O)[C@]1(c2ccccc2Cl)C[C@@H]1CN1C(=O)c2ccccc2C1=O. The van der Waals surface area contributed by atoms with E-state index in [2.05, 4.69) is 0 Å². The van der Waals surface area contributed by atoms with Crippen LogP contribution in [0.2, 0.25) is 5.02 Å². The molecule has 2 aromatic carbocycles. The summed E-state index contributed by atoms with van der Waals surface area (Å²) in [5, 5.41) is 0.540. The van der Waals surface area contributed by atoms with E-state index in [1.807, 2.05) is 32.0 Å². The molecule has 0 aromatic heterocycles. The van der Waals surface area contributed by atoms with Crippen molar-refractivity contribution >= 4 is 29.3 Å². The van der Waals surface area contributed by atoms with Crippen molar-refractivity contribution in [3.63, 3.8) is 0 Å². The molecule has 1 heterocycles. The van der Waals surface area contributed by atoms with Crippen LogP contribution in [0.25, 0.3) is 0 Å². The van der Waals surface area contributed by atoms with Gasteiger partial charge in [-0.15, -0.1) is 0 Å². The van der Waals surface area contributed by atoms with Gasteiger partial charge in [0.1, 0.15) is 0 Å². The number of hydrogen-bond donors (Lipinski definition) is 0. The Bertz CT molecular complexity index is 966. The van der Waals surface area contributed by atoms with Gasteiger partial charge in [-0.2, -0.15) is 0 Å². The van der Waals surface area contributed by atoms with Gasteiger partial charge in [0.2, 0.25) is 5.91 Å². The maximum atomic E-state index is 13.5. The molecule has 1 aliphatic carbocycles. The fraction of sp³-hybridized carbons (Fsp3) is 0.348. The van der Waals surface area contributed by atoms with Crippen LogP contribution in [0.1, 0.15) is 46.5 Å². The van der Waals surface area contributed by atoms with Crippen LogP contribution in [0, 0.1) is 5.92 Å². The molecule has 6 heteroatoms. The summed E-state index contributed by atoms with van der Waals surface area (Å²) in [5.41, 5.74) is 0.841. The molecular weight excluding hydrogens is 388 g/mol. The minimum atomic E-state index is -0.792. The second-order valence-corrected chi connectivity index (χ2v) is 8.00. The Morgan fingerprint density at radius 3 is 2.14 bits per heavy atom. The third-order valence-corrected chi connectivity index (χ3v) is 6.50. The van der Waals surface area contributed by atoms with Crippen molar-refractivity contribution in [2.75, 3.05) is 19.6 Å². The number of nitrogens with zero attached hydrogens (tertiary/aromatic N) is 2. The quantitative estimate of drug-likeness (QED) is 0.681. The molecule has 0 radical (unpaired) electrons. The van der Waals surface area contributed by atoms with Gasteiger partial charge in [-0.05, 0) is 49.9 Å². The average Bonchev–Trinajstić information content (AvgIpc) is 3.41. The van der Waals surface area contributed by atoms with Crippen LogP contribution >= 0.6 is 11.6 Å². The highest BCUT2D eigenvalue weighted by Crippen LogP contribution is 2.57. The fourth-order valence-corrected chi connectivity index (χ4v) is 4.80. The lowest BCUT2D eigenvalue weighted by molar-refractivity contribution is -0.134. The smallest absolute Gasteiger partial charge is 0.261 e. The first-order valence-electron chi connectivity index (χ1n) is 9.95. The van der Waals surface area contributed by atoms with Crippen molar-refractivity contribution in [1.82, 2.24) is 9.80 Å². The van der Waals surface area contributed by atoms with Crippen LogP contribution < -0.4 is 0 Å². The molecule has 1 aliphatic heterocycles. The minimum Gasteiger partial charge on any atom is -0.342 e. The van der Waals surface area contributed by atoms with Crippen molar-refractivity contribution in [3.05, 3.63) is 70.2 Å². The van der Waals surface area contributed by atoms with E-state index in [0.29, 0.717) is 35.7 Å². The molecule has 0 unspecified atom stereocenters. The van der Waals surface area contributed by atoms with Gasteiger partial charge >= 0.3 is 0 Å². The first kappa shape index (κ1) is 19.6. The van der Waals surface area contributed by atoms with Crippen LogP contribution in [-0.2, 0) is 10.2 Å². The first-order chi connectivity index (χ1) is 14.0. The third kappa shape index (κ3) is 2.96. The molecule has 0 N–H and O–H groups in total. The summed E-state index contributed by atoms with van der Waals surface area (Å²) in [5.74, 6) is -0.725. The third-order valence-electron chi connectivity index (χ3n) is 6.17. The van der Waals surface area contributed by atoms with E-state index >= 15 is 0 Å². The maximum absolute atomic E-state index is 13.5. The number of benzene rings is 2. The van der Waals surface area contributed by atoms with Crippen LogP contribution in [0.3, 0.4) is 0 Å². The van der Waals surface area contributed by atoms with Crippen molar-refractivity contribution < 1.29 is 14.4 Å². The Morgan fingerprint density at radius 1 is 1.03 bits per heavy atom. The van der Waals surface area contributed by atoms with E-state index in [0.717, 1.165) is 5.56 Å². The number of likely N-dealkylation sites (N-methyl/N-ethyl adjacent to an activating group) is 1. The molecule has 0 bridgehead atoms. The van der Waals surface area contributed by atoms with E-state index in [1.54, 1.807) is 35.2 Å². The van der Waals surface area contributed by atoms with Gasteiger partial charge in [0.15, 0.2) is 0 Å². The lowest BCUT2D eigenvalue weighted by Crippen LogP contribution is -2.42. The molecule has 2 aromatic rings. The Balaban J connectivity index is 1.67. The van der Waals surface area contributed by atoms with Gasteiger partial charge in [-0.1, -0.05) is 41.9 Å². The van der Waals surface area contributed by atoms with Crippen LogP contribution in [-0.4, -0.2) is 47.2 Å². The number of halogens is 1. The number of carbonyl (C=O) groups is 3. The van der Waals surface area contributed by atoms with E-state index in [-0.39, 0.29) is 30.2 Å². The highest BCUT2D eigenvalue weighted by Gasteiger charge is 2.63. The van der Waals surface area contributed by atoms with Crippen molar-refractivity contribution in [3.8, 4) is 0 Å². The molecule has 3 amide bonds. The first-order valence-corrected chi connectivity index (χ1v) is 10.3. The van der Waals surface area contributed by atoms with Crippen LogP contribution in [0.5, 0.6) is 0 Å². The summed E-state index contributed by atoms with van der Waals surface area (Å²) >= 11 is 6.48. The molecule has 1 saturated carbocycles. The number of carbonyl (C=O) groups excluding carboxylic acids is 3. The molecule has 2 atom stereocenters. The number of rotatable bonds is 6. The number of hydrogen-bond acceptors (Lipinski definition) is 3. The summed E-state index contributed by atoms with van der Waals surface area (Å²) in [4.78, 5) is 42.1. The number of amides is 3. The van der Waals surface area contributed by atoms with Gasteiger partial charge in [0.25, 0.3) is 11.8 Å². The average molecular weight is 411 g/mol. The molecular formula is C23H23ClN2O3. The lowest BCUT2D eigenvalue weighted by atomic mass is 9.91. The normalized spacial score (nSPS) is 22.6. The standard InChI is InChI=1S/C23H23ClN2O3/c1-3-25(4-2)22(29)23(18-11-7-8-12-19(18)24)13-15(23)14-26-20(27)16-9-5-6-10-17(16)21(26)28/h5-12,15H,3-4,13-14H2,1-2H3/t15-,23-/m1/s1. The van der Waals surface area contributed by atoms with Crippen LogP contribution in [0.15, 0.2) is 48.5 Å². The zero-order chi connectivity index (χ0) is 20.8. The summed E-state index contributed by atoms with van der Waals surface area (Å²) in [6.45, 7) is 5.31. The highest BCUT2D eigenvalue weighted by atomic mass is 35.5. The van der Waals surface area contributed by atoms with Gasteiger partial charge in [-0.3, -0.25) is 19.3 Å². The summed E-state index contributed by atoms with van der Waals surface area (Å²) in [7, 11) is 0. The molecule has 1 fully saturated rings. The molecule has 2 aliphatic rings. The lowest BCUT2D eigenvalue weighted by Gasteiger charge is -2.28. The summed E-state index contributed by atoms with van der Waals surface area (Å²) in [6, 6.07) is 14.2. The summed E-state index contributed by atoms with van der Waals surface area (Å²) in [6.07, 6.45) is 0.569. The molecule has 4 rings (SSSR count). The second kappa shape index (κ2) is 7.30. The van der Waals surface area contributed by atoms with Crippen molar-refractivity contribution in [2.45, 2.75) is 25.7 Å². The fourth-order valence-electron chi connectivity index (χ4n) is 4.50. The molecule has 150 valence electrons. The van der Waals surface area contributed by atoms with Gasteiger partial charge < -0.3 is 4.90 Å². The van der Waals surface area contributed by atoms with Gasteiger partial charge in [0.05, 0.1) is 16.5 Å².